The molecule has 2 nitrogen and oxygen atoms in total. The number of aliphatic hydroxyl groups is 1. The Bertz CT molecular complexity index is 392. The van der Waals surface area contributed by atoms with Crippen molar-refractivity contribution in [1.82, 2.24) is 0 Å². The number of rotatable bonds is 4. The smallest absolute Gasteiger partial charge is 0.133 e. The molecule has 2 unspecified atom stereocenters. The Morgan fingerprint density at radius 2 is 2.22 bits per heavy atom. The molecule has 2 rings (SSSR count). The highest BCUT2D eigenvalue weighted by Gasteiger charge is 2.22. The van der Waals surface area contributed by atoms with Crippen LogP contribution >= 0.6 is 15.9 Å². The number of hydrogen-bond acceptors (Lipinski definition) is 2. The van der Waals surface area contributed by atoms with Gasteiger partial charge in [0.15, 0.2) is 0 Å². The molecule has 100 valence electrons. The maximum atomic E-state index is 9.08. The van der Waals surface area contributed by atoms with Crippen LogP contribution in [0.3, 0.4) is 0 Å². The van der Waals surface area contributed by atoms with Crippen LogP contribution in [-0.2, 0) is 6.61 Å². The first-order chi connectivity index (χ1) is 8.72. The monoisotopic (exact) mass is 312 g/mol. The molecule has 0 spiro atoms. The summed E-state index contributed by atoms with van der Waals surface area (Å²) in [5.74, 6) is 1.72. The first-order valence-corrected chi connectivity index (χ1v) is 7.58. The van der Waals surface area contributed by atoms with Crippen molar-refractivity contribution < 1.29 is 9.84 Å². The van der Waals surface area contributed by atoms with E-state index in [4.69, 9.17) is 9.84 Å². The van der Waals surface area contributed by atoms with E-state index in [0.29, 0.717) is 6.10 Å². The molecule has 1 aromatic carbocycles. The molecule has 18 heavy (non-hydrogen) atoms. The molecule has 1 aliphatic carbocycles. The van der Waals surface area contributed by atoms with Crippen LogP contribution < -0.4 is 4.74 Å². The molecule has 0 heterocycles. The highest BCUT2D eigenvalue weighted by atomic mass is 79.9. The molecule has 0 saturated heterocycles. The predicted molar refractivity (Wildman–Crippen MR) is 76.7 cm³/mol. The van der Waals surface area contributed by atoms with Crippen molar-refractivity contribution in [2.75, 3.05) is 0 Å². The Morgan fingerprint density at radius 3 is 2.89 bits per heavy atom. The minimum Gasteiger partial charge on any atom is -0.489 e. The summed E-state index contributed by atoms with van der Waals surface area (Å²) in [6.45, 7) is 2.33. The van der Waals surface area contributed by atoms with Crippen LogP contribution in [0.1, 0.15) is 44.6 Å². The molecule has 1 fully saturated rings. The van der Waals surface area contributed by atoms with Crippen LogP contribution in [0, 0.1) is 5.92 Å². The lowest BCUT2D eigenvalue weighted by Crippen LogP contribution is -2.25. The molecule has 2 atom stereocenters. The Morgan fingerprint density at radius 1 is 1.39 bits per heavy atom. The molecule has 3 heteroatoms. The Hall–Kier alpha value is -0.540. The largest absolute Gasteiger partial charge is 0.489 e. The third kappa shape index (κ3) is 3.48. The minimum absolute atomic E-state index is 0.0697. The van der Waals surface area contributed by atoms with Gasteiger partial charge in [-0.2, -0.15) is 0 Å². The van der Waals surface area contributed by atoms with Gasteiger partial charge in [-0.25, -0.2) is 0 Å². The first kappa shape index (κ1) is 13.9. The van der Waals surface area contributed by atoms with Crippen molar-refractivity contribution in [2.45, 2.75) is 51.7 Å². The maximum absolute atomic E-state index is 9.08. The van der Waals surface area contributed by atoms with Gasteiger partial charge in [0, 0.05) is 0 Å². The Balaban J connectivity index is 2.00. The lowest BCUT2D eigenvalue weighted by Gasteiger charge is -2.29. The predicted octanol–water partition coefficient (Wildman–Crippen LogP) is 4.29. The summed E-state index contributed by atoms with van der Waals surface area (Å²) in [5.41, 5.74) is 0.907. The topological polar surface area (TPSA) is 29.5 Å². The molecule has 0 amide bonds. The Labute approximate surface area is 117 Å². The van der Waals surface area contributed by atoms with E-state index in [1.165, 1.54) is 25.7 Å². The van der Waals surface area contributed by atoms with E-state index in [2.05, 4.69) is 22.9 Å². The standard InChI is InChI=1S/C15H21BrO2/c1-2-11-4-3-5-13(8-11)18-15-7-6-12(10-17)9-14(15)16/h6-7,9,11,13,17H,2-5,8,10H2,1H3. The summed E-state index contributed by atoms with van der Waals surface area (Å²) in [5, 5.41) is 9.08. The van der Waals surface area contributed by atoms with Crippen LogP contribution in [0.2, 0.25) is 0 Å². The summed E-state index contributed by atoms with van der Waals surface area (Å²) in [6, 6.07) is 5.79. The summed E-state index contributed by atoms with van der Waals surface area (Å²) < 4.78 is 7.03. The summed E-state index contributed by atoms with van der Waals surface area (Å²) in [4.78, 5) is 0. The SMILES string of the molecule is CCC1CCCC(Oc2ccc(CO)cc2Br)C1. The fourth-order valence-electron chi connectivity index (χ4n) is 2.64. The number of ether oxygens (including phenoxy) is 1. The van der Waals surface area contributed by atoms with Gasteiger partial charge in [0.25, 0.3) is 0 Å². The Kier molecular flexibility index (Phi) is 5.07. The molecule has 1 aliphatic rings. The normalized spacial score (nSPS) is 23.9. The quantitative estimate of drug-likeness (QED) is 0.898. The van der Waals surface area contributed by atoms with E-state index >= 15 is 0 Å². The van der Waals surface area contributed by atoms with Crippen LogP contribution in [0.5, 0.6) is 5.75 Å². The second-order valence-corrected chi connectivity index (χ2v) is 5.96. The van der Waals surface area contributed by atoms with Crippen molar-refractivity contribution in [2.24, 2.45) is 5.92 Å². The van der Waals surface area contributed by atoms with Gasteiger partial charge in [-0.3, -0.25) is 0 Å². The molecule has 0 bridgehead atoms. The highest BCUT2D eigenvalue weighted by molar-refractivity contribution is 9.10. The first-order valence-electron chi connectivity index (χ1n) is 6.78. The maximum Gasteiger partial charge on any atom is 0.133 e. The fraction of sp³-hybridized carbons (Fsp3) is 0.600. The second kappa shape index (κ2) is 6.58. The molecule has 1 saturated carbocycles. The van der Waals surface area contributed by atoms with Crippen molar-refractivity contribution in [3.63, 3.8) is 0 Å². The van der Waals surface area contributed by atoms with E-state index in [1.807, 2.05) is 18.2 Å². The molecule has 1 N–H and O–H groups in total. The molecule has 0 aromatic heterocycles. The number of halogens is 1. The molecule has 0 aliphatic heterocycles. The van der Waals surface area contributed by atoms with Gasteiger partial charge in [-0.05, 0) is 58.8 Å². The van der Waals surface area contributed by atoms with Gasteiger partial charge < -0.3 is 9.84 Å². The van der Waals surface area contributed by atoms with E-state index in [-0.39, 0.29) is 6.61 Å². The molecule has 0 radical (unpaired) electrons. The van der Waals surface area contributed by atoms with Crippen molar-refractivity contribution >= 4 is 15.9 Å². The van der Waals surface area contributed by atoms with E-state index < -0.39 is 0 Å². The van der Waals surface area contributed by atoms with Crippen molar-refractivity contribution in [3.8, 4) is 5.75 Å². The number of hydrogen-bond donors (Lipinski definition) is 1. The zero-order chi connectivity index (χ0) is 13.0. The fourth-order valence-corrected chi connectivity index (χ4v) is 3.16. The lowest BCUT2D eigenvalue weighted by molar-refractivity contribution is 0.121. The van der Waals surface area contributed by atoms with Crippen LogP contribution in [0.25, 0.3) is 0 Å². The van der Waals surface area contributed by atoms with Gasteiger partial charge in [0.2, 0.25) is 0 Å². The second-order valence-electron chi connectivity index (χ2n) is 5.10. The average molecular weight is 313 g/mol. The van der Waals surface area contributed by atoms with Crippen LogP contribution in [-0.4, -0.2) is 11.2 Å². The van der Waals surface area contributed by atoms with Crippen molar-refractivity contribution in [3.05, 3.63) is 28.2 Å². The van der Waals surface area contributed by atoms with Gasteiger partial charge in [-0.15, -0.1) is 0 Å². The van der Waals surface area contributed by atoms with E-state index in [1.54, 1.807) is 0 Å². The molecular formula is C15H21BrO2. The highest BCUT2D eigenvalue weighted by Crippen LogP contribution is 2.33. The number of aliphatic hydroxyl groups excluding tert-OH is 1. The van der Waals surface area contributed by atoms with Gasteiger partial charge in [-0.1, -0.05) is 25.8 Å². The van der Waals surface area contributed by atoms with Gasteiger partial charge in [0.05, 0.1) is 17.2 Å². The zero-order valence-corrected chi connectivity index (χ0v) is 12.4. The minimum atomic E-state index is 0.0697. The van der Waals surface area contributed by atoms with E-state index in [9.17, 15) is 0 Å². The van der Waals surface area contributed by atoms with Crippen LogP contribution in [0.15, 0.2) is 22.7 Å². The molecule has 1 aromatic rings. The lowest BCUT2D eigenvalue weighted by atomic mass is 9.85. The number of benzene rings is 1. The third-order valence-electron chi connectivity index (χ3n) is 3.78. The molecular weight excluding hydrogens is 292 g/mol. The van der Waals surface area contributed by atoms with Gasteiger partial charge >= 0.3 is 0 Å². The average Bonchev–Trinajstić information content (AvgIpc) is 2.41. The summed E-state index contributed by atoms with van der Waals surface area (Å²) in [6.07, 6.45) is 6.55. The van der Waals surface area contributed by atoms with Crippen LogP contribution in [0.4, 0.5) is 0 Å². The van der Waals surface area contributed by atoms with E-state index in [0.717, 1.165) is 28.1 Å². The summed E-state index contributed by atoms with van der Waals surface area (Å²) >= 11 is 3.51. The van der Waals surface area contributed by atoms with Crippen molar-refractivity contribution in [1.29, 1.82) is 0 Å². The zero-order valence-electron chi connectivity index (χ0n) is 10.9. The summed E-state index contributed by atoms with van der Waals surface area (Å²) in [7, 11) is 0. The third-order valence-corrected chi connectivity index (χ3v) is 4.40. The van der Waals surface area contributed by atoms with Gasteiger partial charge in [0.1, 0.15) is 5.75 Å².